The van der Waals surface area contributed by atoms with E-state index < -0.39 is 10.0 Å². The van der Waals surface area contributed by atoms with Gasteiger partial charge in [0.15, 0.2) is 0 Å². The lowest BCUT2D eigenvalue weighted by Gasteiger charge is -2.21. The molecule has 0 aromatic heterocycles. The molecule has 0 aromatic carbocycles. The SMILES string of the molecule is CC(C)OCCS(=O)(=O)N(CCC(=N)N)C1CC1. The first kappa shape index (κ1) is 15.4. The van der Waals surface area contributed by atoms with Crippen molar-refractivity contribution in [1.29, 1.82) is 5.41 Å². The van der Waals surface area contributed by atoms with Gasteiger partial charge in [-0.2, -0.15) is 4.31 Å². The van der Waals surface area contributed by atoms with E-state index in [9.17, 15) is 8.42 Å². The lowest BCUT2D eigenvalue weighted by atomic mass is 10.4. The molecule has 0 atom stereocenters. The summed E-state index contributed by atoms with van der Waals surface area (Å²) in [5.41, 5.74) is 5.28. The minimum atomic E-state index is -3.29. The molecule has 0 unspecified atom stereocenters. The fourth-order valence-corrected chi connectivity index (χ4v) is 3.22. The van der Waals surface area contributed by atoms with E-state index in [2.05, 4.69) is 0 Å². The molecule has 18 heavy (non-hydrogen) atoms. The van der Waals surface area contributed by atoms with Crippen LogP contribution in [0.2, 0.25) is 0 Å². The monoisotopic (exact) mass is 277 g/mol. The van der Waals surface area contributed by atoms with Gasteiger partial charge in [-0.1, -0.05) is 0 Å². The summed E-state index contributed by atoms with van der Waals surface area (Å²) in [6.45, 7) is 4.27. The summed E-state index contributed by atoms with van der Waals surface area (Å²) in [4.78, 5) is 0. The van der Waals surface area contributed by atoms with E-state index in [1.54, 1.807) is 0 Å². The topological polar surface area (TPSA) is 96.5 Å². The Morgan fingerprint density at radius 2 is 2.11 bits per heavy atom. The summed E-state index contributed by atoms with van der Waals surface area (Å²) in [6, 6.07) is 0.105. The van der Waals surface area contributed by atoms with Crippen LogP contribution in [-0.4, -0.2) is 49.6 Å². The van der Waals surface area contributed by atoms with E-state index in [0.29, 0.717) is 13.0 Å². The van der Waals surface area contributed by atoms with Crippen LogP contribution in [0.4, 0.5) is 0 Å². The Kier molecular flexibility index (Phi) is 5.55. The number of hydrogen-bond donors (Lipinski definition) is 2. The van der Waals surface area contributed by atoms with Gasteiger partial charge in [0.1, 0.15) is 0 Å². The predicted octanol–water partition coefficient (Wildman–Crippen LogP) is 0.532. The molecule has 0 aromatic rings. The Hall–Kier alpha value is -0.660. The zero-order valence-corrected chi connectivity index (χ0v) is 11.9. The molecule has 1 saturated carbocycles. The molecule has 1 rings (SSSR count). The van der Waals surface area contributed by atoms with Crippen molar-refractivity contribution in [1.82, 2.24) is 4.31 Å². The maximum absolute atomic E-state index is 12.1. The molecule has 1 aliphatic carbocycles. The quantitative estimate of drug-likeness (QED) is 0.474. The highest BCUT2D eigenvalue weighted by molar-refractivity contribution is 7.89. The average Bonchev–Trinajstić information content (AvgIpc) is 3.00. The number of nitrogens with zero attached hydrogens (tertiary/aromatic N) is 1. The molecule has 0 spiro atoms. The first-order valence-electron chi connectivity index (χ1n) is 6.27. The van der Waals surface area contributed by atoms with E-state index in [1.165, 1.54) is 4.31 Å². The van der Waals surface area contributed by atoms with Crippen molar-refractivity contribution in [2.24, 2.45) is 5.73 Å². The van der Waals surface area contributed by atoms with Crippen molar-refractivity contribution in [2.45, 2.75) is 45.3 Å². The third-order valence-corrected chi connectivity index (χ3v) is 4.58. The minimum Gasteiger partial charge on any atom is -0.388 e. The first-order chi connectivity index (χ1) is 8.33. The largest absolute Gasteiger partial charge is 0.388 e. The second kappa shape index (κ2) is 6.49. The smallest absolute Gasteiger partial charge is 0.216 e. The van der Waals surface area contributed by atoms with Gasteiger partial charge < -0.3 is 10.5 Å². The van der Waals surface area contributed by atoms with Gasteiger partial charge in [-0.25, -0.2) is 8.42 Å². The van der Waals surface area contributed by atoms with Crippen molar-refractivity contribution < 1.29 is 13.2 Å². The van der Waals surface area contributed by atoms with Crippen LogP contribution in [0.15, 0.2) is 0 Å². The predicted molar refractivity (Wildman–Crippen MR) is 71.1 cm³/mol. The molecule has 3 N–H and O–H groups in total. The summed E-state index contributed by atoms with van der Waals surface area (Å²) < 4.78 is 31.0. The van der Waals surface area contributed by atoms with E-state index >= 15 is 0 Å². The van der Waals surface area contributed by atoms with Gasteiger partial charge in [-0.05, 0) is 26.7 Å². The number of amidine groups is 1. The Bertz CT molecular complexity index is 377. The third kappa shape index (κ3) is 5.32. The molecule has 0 amide bonds. The molecule has 0 saturated heterocycles. The second-order valence-electron chi connectivity index (χ2n) is 4.85. The summed E-state index contributed by atoms with van der Waals surface area (Å²) in [5, 5.41) is 7.18. The standard InChI is InChI=1S/C11H23N3O3S/c1-9(2)17-7-8-18(15,16)14(10-3-4-10)6-5-11(12)13/h9-10H,3-8H2,1-2H3,(H3,12,13). The number of nitrogens with two attached hydrogens (primary N) is 1. The van der Waals surface area contributed by atoms with Crippen LogP contribution in [0.3, 0.4) is 0 Å². The molecule has 7 heteroatoms. The van der Waals surface area contributed by atoms with Crippen LogP contribution >= 0.6 is 0 Å². The van der Waals surface area contributed by atoms with Crippen molar-refractivity contribution in [2.75, 3.05) is 18.9 Å². The summed E-state index contributed by atoms with van der Waals surface area (Å²) >= 11 is 0. The van der Waals surface area contributed by atoms with Gasteiger partial charge in [0.25, 0.3) is 0 Å². The zero-order valence-electron chi connectivity index (χ0n) is 11.1. The maximum Gasteiger partial charge on any atom is 0.216 e. The van der Waals surface area contributed by atoms with Crippen LogP contribution in [-0.2, 0) is 14.8 Å². The molecular formula is C11H23N3O3S. The maximum atomic E-state index is 12.1. The molecule has 1 fully saturated rings. The number of rotatable bonds is 9. The van der Waals surface area contributed by atoms with Gasteiger partial charge in [0.2, 0.25) is 10.0 Å². The molecule has 106 valence electrons. The Labute approximate surface area is 109 Å². The Morgan fingerprint density at radius 1 is 1.50 bits per heavy atom. The normalized spacial score (nSPS) is 16.4. The molecule has 6 nitrogen and oxygen atoms in total. The molecule has 0 aliphatic heterocycles. The third-order valence-electron chi connectivity index (χ3n) is 2.71. The highest BCUT2D eigenvalue weighted by atomic mass is 32.2. The number of nitrogens with one attached hydrogen (secondary N) is 1. The highest BCUT2D eigenvalue weighted by Gasteiger charge is 2.36. The molecule has 0 bridgehead atoms. The van der Waals surface area contributed by atoms with Crippen LogP contribution in [0.1, 0.15) is 33.1 Å². The molecule has 1 aliphatic rings. The van der Waals surface area contributed by atoms with E-state index in [-0.39, 0.29) is 30.3 Å². The zero-order chi connectivity index (χ0) is 13.8. The number of ether oxygens (including phenoxy) is 1. The van der Waals surface area contributed by atoms with Crippen LogP contribution in [0.5, 0.6) is 0 Å². The van der Waals surface area contributed by atoms with Crippen LogP contribution < -0.4 is 5.73 Å². The summed E-state index contributed by atoms with van der Waals surface area (Å²) in [7, 11) is -3.29. The van der Waals surface area contributed by atoms with Crippen molar-refractivity contribution >= 4 is 15.9 Å². The second-order valence-corrected chi connectivity index (χ2v) is 6.89. The van der Waals surface area contributed by atoms with Gasteiger partial charge in [-0.3, -0.25) is 5.41 Å². The fraction of sp³-hybridized carbons (Fsp3) is 0.909. The van der Waals surface area contributed by atoms with Gasteiger partial charge in [0, 0.05) is 19.0 Å². The van der Waals surface area contributed by atoms with E-state index in [1.807, 2.05) is 13.8 Å². The molecular weight excluding hydrogens is 254 g/mol. The minimum absolute atomic E-state index is 0.000412. The fourth-order valence-electron chi connectivity index (χ4n) is 1.65. The van der Waals surface area contributed by atoms with Crippen LogP contribution in [0.25, 0.3) is 0 Å². The average molecular weight is 277 g/mol. The summed E-state index contributed by atoms with van der Waals surface area (Å²) in [5.74, 6) is 0.0221. The van der Waals surface area contributed by atoms with E-state index in [4.69, 9.17) is 15.9 Å². The summed E-state index contributed by atoms with van der Waals surface area (Å²) in [6.07, 6.45) is 2.14. The lowest BCUT2D eigenvalue weighted by molar-refractivity contribution is 0.0906. The first-order valence-corrected chi connectivity index (χ1v) is 7.88. The van der Waals surface area contributed by atoms with Gasteiger partial charge >= 0.3 is 0 Å². The molecule has 0 radical (unpaired) electrons. The lowest BCUT2D eigenvalue weighted by Crippen LogP contribution is -2.38. The van der Waals surface area contributed by atoms with Crippen molar-refractivity contribution in [3.05, 3.63) is 0 Å². The van der Waals surface area contributed by atoms with Crippen molar-refractivity contribution in [3.8, 4) is 0 Å². The van der Waals surface area contributed by atoms with Crippen LogP contribution in [0, 0.1) is 5.41 Å². The van der Waals surface area contributed by atoms with Gasteiger partial charge in [0.05, 0.1) is 24.3 Å². The Balaban J connectivity index is 2.51. The van der Waals surface area contributed by atoms with Gasteiger partial charge in [-0.15, -0.1) is 0 Å². The van der Waals surface area contributed by atoms with E-state index in [0.717, 1.165) is 12.8 Å². The Morgan fingerprint density at radius 3 is 2.56 bits per heavy atom. The number of sulfonamides is 1. The molecule has 0 heterocycles. The highest BCUT2D eigenvalue weighted by Crippen LogP contribution is 2.29. The number of hydrogen-bond acceptors (Lipinski definition) is 4. The van der Waals surface area contributed by atoms with Crippen molar-refractivity contribution in [3.63, 3.8) is 0 Å².